The van der Waals surface area contributed by atoms with E-state index in [9.17, 15) is 9.59 Å². The van der Waals surface area contributed by atoms with E-state index in [2.05, 4.69) is 16.0 Å². The summed E-state index contributed by atoms with van der Waals surface area (Å²) in [5, 5.41) is 9.20. The minimum atomic E-state index is -0.0528. The second-order valence-corrected chi connectivity index (χ2v) is 8.84. The fourth-order valence-corrected chi connectivity index (χ4v) is 4.65. The van der Waals surface area contributed by atoms with E-state index in [4.69, 9.17) is 12.2 Å². The molecule has 2 saturated carbocycles. The molecular formula is C23H33N3O2S. The van der Waals surface area contributed by atoms with Crippen molar-refractivity contribution in [3.8, 4) is 0 Å². The second-order valence-electron chi connectivity index (χ2n) is 8.43. The predicted molar refractivity (Wildman–Crippen MR) is 121 cm³/mol. The number of thiocarbonyl (C=S) groups is 1. The van der Waals surface area contributed by atoms with Gasteiger partial charge in [-0.2, -0.15) is 0 Å². The maximum Gasteiger partial charge on any atom is 0.251 e. The fraction of sp³-hybridized carbons (Fsp3) is 0.609. The van der Waals surface area contributed by atoms with Gasteiger partial charge in [-0.3, -0.25) is 9.59 Å². The van der Waals surface area contributed by atoms with E-state index in [1.807, 2.05) is 12.1 Å². The third kappa shape index (κ3) is 7.42. The Morgan fingerprint density at radius 3 is 2.38 bits per heavy atom. The number of benzene rings is 1. The fourth-order valence-electron chi connectivity index (χ4n) is 4.42. The molecule has 0 atom stereocenters. The zero-order valence-electron chi connectivity index (χ0n) is 17.2. The van der Waals surface area contributed by atoms with E-state index in [0.29, 0.717) is 23.6 Å². The van der Waals surface area contributed by atoms with Gasteiger partial charge in [0.05, 0.1) is 0 Å². The lowest BCUT2D eigenvalue weighted by atomic mass is 9.86. The number of carbonyl (C=O) groups excluding carboxylic acids is 2. The number of amides is 2. The van der Waals surface area contributed by atoms with E-state index in [1.165, 1.54) is 51.4 Å². The molecule has 0 radical (unpaired) electrons. The van der Waals surface area contributed by atoms with Crippen LogP contribution in [0.15, 0.2) is 24.3 Å². The van der Waals surface area contributed by atoms with Gasteiger partial charge < -0.3 is 16.0 Å². The third-order valence-corrected chi connectivity index (χ3v) is 6.28. The summed E-state index contributed by atoms with van der Waals surface area (Å²) in [4.78, 5) is 24.7. The number of carbonyl (C=O) groups is 2. The summed E-state index contributed by atoms with van der Waals surface area (Å²) < 4.78 is 0. The van der Waals surface area contributed by atoms with Gasteiger partial charge in [0.2, 0.25) is 5.91 Å². The van der Waals surface area contributed by atoms with Crippen molar-refractivity contribution >= 4 is 34.8 Å². The van der Waals surface area contributed by atoms with Crippen LogP contribution in [0.3, 0.4) is 0 Å². The van der Waals surface area contributed by atoms with Gasteiger partial charge in [0.15, 0.2) is 5.11 Å². The van der Waals surface area contributed by atoms with Gasteiger partial charge in [0.1, 0.15) is 0 Å². The van der Waals surface area contributed by atoms with Gasteiger partial charge in [-0.05, 0) is 55.6 Å². The molecule has 2 aliphatic rings. The van der Waals surface area contributed by atoms with Gasteiger partial charge in [-0.1, -0.05) is 57.4 Å². The SMILES string of the molecule is O=C(CCC1CCCCC1)NC(=S)Nc1cccc(C(=O)NC2CCCCC2)c1. The van der Waals surface area contributed by atoms with Crippen molar-refractivity contribution in [1.82, 2.24) is 10.6 Å². The van der Waals surface area contributed by atoms with E-state index in [0.717, 1.165) is 19.3 Å². The molecule has 3 N–H and O–H groups in total. The largest absolute Gasteiger partial charge is 0.349 e. The van der Waals surface area contributed by atoms with Crippen molar-refractivity contribution in [2.24, 2.45) is 5.92 Å². The predicted octanol–water partition coefficient (Wildman–Crippen LogP) is 4.92. The highest BCUT2D eigenvalue weighted by Crippen LogP contribution is 2.27. The van der Waals surface area contributed by atoms with E-state index >= 15 is 0 Å². The van der Waals surface area contributed by atoms with Crippen molar-refractivity contribution in [3.63, 3.8) is 0 Å². The van der Waals surface area contributed by atoms with Crippen LogP contribution in [-0.4, -0.2) is 23.0 Å². The third-order valence-electron chi connectivity index (χ3n) is 6.08. The van der Waals surface area contributed by atoms with E-state index in [-0.39, 0.29) is 23.0 Å². The molecule has 0 bridgehead atoms. The zero-order chi connectivity index (χ0) is 20.5. The Bertz CT molecular complexity index is 710. The van der Waals surface area contributed by atoms with Crippen LogP contribution in [0.4, 0.5) is 5.69 Å². The summed E-state index contributed by atoms with van der Waals surface area (Å²) in [5.74, 6) is 0.581. The standard InChI is InChI=1S/C23H33N3O2S/c27-21(15-14-17-8-3-1-4-9-17)26-23(29)25-20-13-7-10-18(16-20)22(28)24-19-11-5-2-6-12-19/h7,10,13,16-17,19H,1-6,8-9,11-12,14-15H2,(H,24,28)(H2,25,26,27,29). The quantitative estimate of drug-likeness (QED) is 0.577. The maximum absolute atomic E-state index is 12.5. The molecule has 0 unspecified atom stereocenters. The number of hydrogen-bond donors (Lipinski definition) is 3. The van der Waals surface area contributed by atoms with Crippen molar-refractivity contribution < 1.29 is 9.59 Å². The van der Waals surface area contributed by atoms with Crippen LogP contribution < -0.4 is 16.0 Å². The molecule has 5 nitrogen and oxygen atoms in total. The zero-order valence-corrected chi connectivity index (χ0v) is 18.0. The Balaban J connectivity index is 1.44. The van der Waals surface area contributed by atoms with E-state index in [1.54, 1.807) is 12.1 Å². The van der Waals surface area contributed by atoms with Gasteiger partial charge in [-0.25, -0.2) is 0 Å². The van der Waals surface area contributed by atoms with Gasteiger partial charge >= 0.3 is 0 Å². The Morgan fingerprint density at radius 1 is 0.966 bits per heavy atom. The second kappa shape index (κ2) is 11.3. The van der Waals surface area contributed by atoms with Gasteiger partial charge in [-0.15, -0.1) is 0 Å². The van der Waals surface area contributed by atoms with Crippen molar-refractivity contribution in [2.75, 3.05) is 5.32 Å². The monoisotopic (exact) mass is 415 g/mol. The van der Waals surface area contributed by atoms with Crippen molar-refractivity contribution in [1.29, 1.82) is 0 Å². The minimum Gasteiger partial charge on any atom is -0.349 e. The number of nitrogens with one attached hydrogen (secondary N) is 3. The summed E-state index contributed by atoms with van der Waals surface area (Å²) in [7, 11) is 0. The Morgan fingerprint density at radius 2 is 1.66 bits per heavy atom. The molecule has 29 heavy (non-hydrogen) atoms. The summed E-state index contributed by atoms with van der Waals surface area (Å²) in [6, 6.07) is 7.52. The topological polar surface area (TPSA) is 70.2 Å². The lowest BCUT2D eigenvalue weighted by molar-refractivity contribution is -0.120. The number of rotatable bonds is 6. The minimum absolute atomic E-state index is 0.0423. The molecule has 2 aliphatic carbocycles. The van der Waals surface area contributed by atoms with Gasteiger partial charge in [0.25, 0.3) is 5.91 Å². The average Bonchev–Trinajstić information content (AvgIpc) is 2.74. The first-order chi connectivity index (χ1) is 14.1. The molecule has 1 aromatic rings. The molecule has 0 saturated heterocycles. The van der Waals surface area contributed by atoms with Crippen LogP contribution in [-0.2, 0) is 4.79 Å². The molecule has 6 heteroatoms. The molecule has 0 aromatic heterocycles. The van der Waals surface area contributed by atoms with Crippen LogP contribution >= 0.6 is 12.2 Å². The van der Waals surface area contributed by atoms with Crippen LogP contribution in [0, 0.1) is 5.92 Å². The van der Waals surface area contributed by atoms with Crippen molar-refractivity contribution in [2.45, 2.75) is 83.1 Å². The molecule has 2 fully saturated rings. The molecular weight excluding hydrogens is 382 g/mol. The molecule has 158 valence electrons. The first-order valence-corrected chi connectivity index (χ1v) is 11.5. The highest BCUT2D eigenvalue weighted by atomic mass is 32.1. The Labute approximate surface area is 179 Å². The molecule has 1 aromatic carbocycles. The molecule has 0 spiro atoms. The lowest BCUT2D eigenvalue weighted by Gasteiger charge is -2.22. The van der Waals surface area contributed by atoms with Crippen LogP contribution in [0.1, 0.15) is 87.4 Å². The molecule has 2 amide bonds. The molecule has 3 rings (SSSR count). The van der Waals surface area contributed by atoms with E-state index < -0.39 is 0 Å². The van der Waals surface area contributed by atoms with Crippen molar-refractivity contribution in [3.05, 3.63) is 29.8 Å². The smallest absolute Gasteiger partial charge is 0.251 e. The summed E-state index contributed by atoms with van der Waals surface area (Å²) in [6.07, 6.45) is 13.6. The number of hydrogen-bond acceptors (Lipinski definition) is 3. The Kier molecular flexibility index (Phi) is 8.47. The summed E-state index contributed by atoms with van der Waals surface area (Å²) in [6.45, 7) is 0. The molecule has 0 aliphatic heterocycles. The van der Waals surface area contributed by atoms with Crippen LogP contribution in [0.5, 0.6) is 0 Å². The lowest BCUT2D eigenvalue weighted by Crippen LogP contribution is -2.36. The maximum atomic E-state index is 12.5. The summed E-state index contributed by atoms with van der Waals surface area (Å²) >= 11 is 5.28. The van der Waals surface area contributed by atoms with Gasteiger partial charge in [0, 0.05) is 23.7 Å². The normalized spacial score (nSPS) is 18.1. The van der Waals surface area contributed by atoms with Crippen LogP contribution in [0.2, 0.25) is 0 Å². The highest BCUT2D eigenvalue weighted by Gasteiger charge is 2.17. The first kappa shape index (κ1) is 21.8. The summed E-state index contributed by atoms with van der Waals surface area (Å²) in [5.41, 5.74) is 1.31. The Hall–Kier alpha value is -1.95. The molecule has 0 heterocycles. The first-order valence-electron chi connectivity index (χ1n) is 11.1. The average molecular weight is 416 g/mol. The van der Waals surface area contributed by atoms with Crippen LogP contribution in [0.25, 0.3) is 0 Å². The highest BCUT2D eigenvalue weighted by molar-refractivity contribution is 7.80. The number of anilines is 1.